The number of hydrogen-bond donors (Lipinski definition) is 0. The first kappa shape index (κ1) is 16.2. The van der Waals surface area contributed by atoms with Crippen molar-refractivity contribution in [1.82, 2.24) is 4.90 Å². The summed E-state index contributed by atoms with van der Waals surface area (Å²) in [4.78, 5) is 15.9. The Morgan fingerprint density at radius 3 is 2.25 bits per heavy atom. The Morgan fingerprint density at radius 1 is 1.04 bits per heavy atom. The SMILES string of the molecule is COc1ccc(/C=C2\C(=O)N(C)C(=S)N2c2ccc(C)cc2)cc1. The van der Waals surface area contributed by atoms with E-state index in [0.29, 0.717) is 10.8 Å². The number of aryl methyl sites for hydroxylation is 1. The maximum atomic E-state index is 12.6. The van der Waals surface area contributed by atoms with E-state index < -0.39 is 0 Å². The highest BCUT2D eigenvalue weighted by atomic mass is 32.1. The lowest BCUT2D eigenvalue weighted by Gasteiger charge is -2.19. The van der Waals surface area contributed by atoms with Crippen LogP contribution < -0.4 is 9.64 Å². The number of methoxy groups -OCH3 is 1. The van der Waals surface area contributed by atoms with Crippen LogP contribution in [0.1, 0.15) is 11.1 Å². The number of thiocarbonyl (C=S) groups is 1. The highest BCUT2D eigenvalue weighted by Gasteiger charge is 2.36. The average molecular weight is 338 g/mol. The van der Waals surface area contributed by atoms with E-state index in [1.54, 1.807) is 19.1 Å². The van der Waals surface area contributed by atoms with Crippen molar-refractivity contribution >= 4 is 35.0 Å². The van der Waals surface area contributed by atoms with Crippen molar-refractivity contribution < 1.29 is 9.53 Å². The number of benzene rings is 2. The fourth-order valence-electron chi connectivity index (χ4n) is 2.54. The molecule has 0 bridgehead atoms. The molecule has 3 rings (SSSR count). The first-order valence-electron chi connectivity index (χ1n) is 7.56. The number of rotatable bonds is 3. The third-order valence-corrected chi connectivity index (χ3v) is 4.41. The Bertz CT molecular complexity index is 810. The van der Waals surface area contributed by atoms with Gasteiger partial charge in [0.25, 0.3) is 5.91 Å². The molecule has 0 radical (unpaired) electrons. The van der Waals surface area contributed by atoms with Gasteiger partial charge in [-0.2, -0.15) is 0 Å². The second kappa shape index (κ2) is 6.45. The topological polar surface area (TPSA) is 32.8 Å². The van der Waals surface area contributed by atoms with Gasteiger partial charge in [-0.3, -0.25) is 14.6 Å². The first-order chi connectivity index (χ1) is 11.5. The van der Waals surface area contributed by atoms with Gasteiger partial charge >= 0.3 is 0 Å². The molecule has 0 aliphatic carbocycles. The number of anilines is 1. The molecule has 0 spiro atoms. The van der Waals surface area contributed by atoms with Crippen LogP contribution in [0.3, 0.4) is 0 Å². The van der Waals surface area contributed by atoms with E-state index in [9.17, 15) is 4.79 Å². The summed E-state index contributed by atoms with van der Waals surface area (Å²) in [7, 11) is 3.32. The molecule has 1 aliphatic heterocycles. The third kappa shape index (κ3) is 2.90. The Kier molecular flexibility index (Phi) is 4.36. The average Bonchev–Trinajstić information content (AvgIpc) is 2.81. The van der Waals surface area contributed by atoms with E-state index in [2.05, 4.69) is 0 Å². The molecule has 1 aliphatic rings. The molecule has 0 aromatic heterocycles. The molecule has 1 saturated heterocycles. The zero-order valence-electron chi connectivity index (χ0n) is 13.8. The lowest BCUT2D eigenvalue weighted by molar-refractivity contribution is -0.121. The molecule has 5 heteroatoms. The van der Waals surface area contributed by atoms with Crippen LogP contribution in [0.4, 0.5) is 5.69 Å². The van der Waals surface area contributed by atoms with Gasteiger partial charge in [0.2, 0.25) is 0 Å². The summed E-state index contributed by atoms with van der Waals surface area (Å²) in [6, 6.07) is 15.5. The summed E-state index contributed by atoms with van der Waals surface area (Å²) in [6.45, 7) is 2.03. The molecule has 1 fully saturated rings. The van der Waals surface area contributed by atoms with Crippen molar-refractivity contribution in [2.75, 3.05) is 19.1 Å². The van der Waals surface area contributed by atoms with Gasteiger partial charge in [-0.25, -0.2) is 0 Å². The van der Waals surface area contributed by atoms with Crippen molar-refractivity contribution in [3.05, 3.63) is 65.4 Å². The summed E-state index contributed by atoms with van der Waals surface area (Å²) >= 11 is 5.46. The minimum Gasteiger partial charge on any atom is -0.497 e. The van der Waals surface area contributed by atoms with Gasteiger partial charge in [0.05, 0.1) is 7.11 Å². The Morgan fingerprint density at radius 2 is 1.67 bits per heavy atom. The Labute approximate surface area is 147 Å². The zero-order valence-corrected chi connectivity index (χ0v) is 14.6. The number of hydrogen-bond acceptors (Lipinski definition) is 3. The summed E-state index contributed by atoms with van der Waals surface area (Å²) in [6.07, 6.45) is 1.84. The van der Waals surface area contributed by atoms with Crippen LogP contribution in [0.15, 0.2) is 54.2 Å². The van der Waals surface area contributed by atoms with Gasteiger partial charge in [-0.05, 0) is 55.0 Å². The van der Waals surface area contributed by atoms with E-state index >= 15 is 0 Å². The molecule has 122 valence electrons. The smallest absolute Gasteiger partial charge is 0.276 e. The molecule has 2 aromatic rings. The quantitative estimate of drug-likeness (QED) is 0.632. The highest BCUT2D eigenvalue weighted by Crippen LogP contribution is 2.29. The van der Waals surface area contributed by atoms with Gasteiger partial charge in [0.1, 0.15) is 11.4 Å². The van der Waals surface area contributed by atoms with Gasteiger partial charge in [0, 0.05) is 12.7 Å². The minimum absolute atomic E-state index is 0.114. The second-order valence-electron chi connectivity index (χ2n) is 5.62. The fraction of sp³-hybridized carbons (Fsp3) is 0.158. The molecule has 0 N–H and O–H groups in total. The van der Waals surface area contributed by atoms with Crippen LogP contribution in [0.5, 0.6) is 5.75 Å². The van der Waals surface area contributed by atoms with Gasteiger partial charge < -0.3 is 4.74 Å². The number of likely N-dealkylation sites (N-methyl/N-ethyl adjacent to an activating group) is 1. The number of ether oxygens (including phenoxy) is 1. The maximum absolute atomic E-state index is 12.6. The normalized spacial score (nSPS) is 16.2. The molecule has 24 heavy (non-hydrogen) atoms. The number of amides is 1. The second-order valence-corrected chi connectivity index (χ2v) is 5.99. The van der Waals surface area contributed by atoms with Crippen molar-refractivity contribution in [3.8, 4) is 5.75 Å². The van der Waals surface area contributed by atoms with Crippen molar-refractivity contribution in [2.24, 2.45) is 0 Å². The van der Waals surface area contributed by atoms with Crippen LogP contribution in [0, 0.1) is 6.92 Å². The molecule has 0 unspecified atom stereocenters. The molecule has 2 aromatic carbocycles. The fourth-order valence-corrected chi connectivity index (χ4v) is 2.82. The van der Waals surface area contributed by atoms with Gasteiger partial charge in [0.15, 0.2) is 5.11 Å². The minimum atomic E-state index is -0.114. The Balaban J connectivity index is 2.04. The molecule has 1 amide bonds. The van der Waals surface area contributed by atoms with E-state index in [1.807, 2.05) is 61.5 Å². The number of carbonyl (C=O) groups is 1. The molecule has 1 heterocycles. The van der Waals surface area contributed by atoms with E-state index in [4.69, 9.17) is 17.0 Å². The number of carbonyl (C=O) groups excluding carboxylic acids is 1. The van der Waals surface area contributed by atoms with Gasteiger partial charge in [-0.15, -0.1) is 0 Å². The molecule has 0 saturated carbocycles. The Hall–Kier alpha value is -2.66. The third-order valence-electron chi connectivity index (χ3n) is 3.95. The van der Waals surface area contributed by atoms with Crippen LogP contribution in [-0.2, 0) is 4.79 Å². The molecule has 0 atom stereocenters. The van der Waals surface area contributed by atoms with E-state index in [0.717, 1.165) is 22.6 Å². The van der Waals surface area contributed by atoms with Crippen molar-refractivity contribution in [1.29, 1.82) is 0 Å². The largest absolute Gasteiger partial charge is 0.497 e. The molecule has 4 nitrogen and oxygen atoms in total. The highest BCUT2D eigenvalue weighted by molar-refractivity contribution is 7.80. The van der Waals surface area contributed by atoms with Crippen LogP contribution in [0.25, 0.3) is 6.08 Å². The molecular weight excluding hydrogens is 320 g/mol. The predicted octanol–water partition coefficient (Wildman–Crippen LogP) is 3.61. The lowest BCUT2D eigenvalue weighted by Crippen LogP contribution is -2.29. The van der Waals surface area contributed by atoms with Crippen molar-refractivity contribution in [3.63, 3.8) is 0 Å². The number of nitrogens with zero attached hydrogens (tertiary/aromatic N) is 2. The predicted molar refractivity (Wildman–Crippen MR) is 100.0 cm³/mol. The van der Waals surface area contributed by atoms with Crippen LogP contribution >= 0.6 is 12.2 Å². The summed E-state index contributed by atoms with van der Waals surface area (Å²) in [5, 5.41) is 0.476. The van der Waals surface area contributed by atoms with E-state index in [-0.39, 0.29) is 5.91 Å². The summed E-state index contributed by atoms with van der Waals surface area (Å²) < 4.78 is 5.17. The summed E-state index contributed by atoms with van der Waals surface area (Å²) in [5.41, 5.74) is 3.48. The summed E-state index contributed by atoms with van der Waals surface area (Å²) in [5.74, 6) is 0.661. The van der Waals surface area contributed by atoms with Crippen LogP contribution in [0.2, 0.25) is 0 Å². The van der Waals surface area contributed by atoms with E-state index in [1.165, 1.54) is 4.90 Å². The van der Waals surface area contributed by atoms with Crippen molar-refractivity contribution in [2.45, 2.75) is 6.92 Å². The standard InChI is InChI=1S/C19H18N2O2S/c1-13-4-8-15(9-5-13)21-17(18(22)20(2)19(21)24)12-14-6-10-16(23-3)11-7-14/h4-12H,1-3H3/b17-12+. The first-order valence-corrected chi connectivity index (χ1v) is 7.96. The zero-order chi connectivity index (χ0) is 17.3. The monoisotopic (exact) mass is 338 g/mol. The van der Waals surface area contributed by atoms with Gasteiger partial charge in [-0.1, -0.05) is 29.8 Å². The lowest BCUT2D eigenvalue weighted by atomic mass is 10.1. The van der Waals surface area contributed by atoms with Crippen LogP contribution in [-0.4, -0.2) is 30.1 Å². The molecular formula is C19H18N2O2S. The maximum Gasteiger partial charge on any atom is 0.276 e.